The summed E-state index contributed by atoms with van der Waals surface area (Å²) in [5, 5.41) is 6.10. The van der Waals surface area contributed by atoms with Gasteiger partial charge in [-0.05, 0) is 24.8 Å². The first-order valence-corrected chi connectivity index (χ1v) is 8.84. The van der Waals surface area contributed by atoms with Gasteiger partial charge >= 0.3 is 0 Å². The summed E-state index contributed by atoms with van der Waals surface area (Å²) in [6.45, 7) is 3.06. The topological polar surface area (TPSA) is 51.2 Å². The van der Waals surface area contributed by atoms with Crippen molar-refractivity contribution in [3.8, 4) is 11.3 Å². The van der Waals surface area contributed by atoms with Gasteiger partial charge in [0.2, 0.25) is 5.91 Å². The number of carbonyl (C=O) groups excluding carboxylic acids is 1. The van der Waals surface area contributed by atoms with E-state index in [2.05, 4.69) is 35.0 Å². The van der Waals surface area contributed by atoms with Crippen molar-refractivity contribution in [3.63, 3.8) is 0 Å². The summed E-state index contributed by atoms with van der Waals surface area (Å²) in [5.74, 6) is 0.0326. The number of carbonyl (C=O) groups is 1. The van der Waals surface area contributed by atoms with Crippen molar-refractivity contribution in [2.24, 2.45) is 0 Å². The van der Waals surface area contributed by atoms with Crippen molar-refractivity contribution >= 4 is 17.2 Å². The smallest absolute Gasteiger partial charge is 0.216 e. The van der Waals surface area contributed by atoms with Crippen molar-refractivity contribution < 1.29 is 9.53 Å². The highest BCUT2D eigenvalue weighted by Gasteiger charge is 2.05. The number of benzene rings is 1. The lowest BCUT2D eigenvalue weighted by Crippen LogP contribution is -2.21. The van der Waals surface area contributed by atoms with E-state index in [0.717, 1.165) is 55.1 Å². The predicted octanol–water partition coefficient (Wildman–Crippen LogP) is 3.46. The molecule has 124 valence electrons. The number of methoxy groups -OCH3 is 1. The van der Waals surface area contributed by atoms with E-state index in [1.54, 1.807) is 25.4 Å². The Morgan fingerprint density at radius 1 is 1.22 bits per heavy atom. The van der Waals surface area contributed by atoms with Crippen LogP contribution in [0.1, 0.15) is 30.3 Å². The van der Waals surface area contributed by atoms with Gasteiger partial charge in [0.15, 0.2) is 0 Å². The minimum Gasteiger partial charge on any atom is -0.385 e. The first kappa shape index (κ1) is 17.6. The summed E-state index contributed by atoms with van der Waals surface area (Å²) in [4.78, 5) is 15.5. The molecule has 0 aliphatic carbocycles. The first-order valence-electron chi connectivity index (χ1n) is 7.96. The fourth-order valence-electron chi connectivity index (χ4n) is 2.33. The molecular weight excluding hydrogens is 308 g/mol. The number of nitrogens with zero attached hydrogens (tertiary/aromatic N) is 1. The van der Waals surface area contributed by atoms with Crippen LogP contribution >= 0.6 is 11.3 Å². The minimum atomic E-state index is 0.0326. The van der Waals surface area contributed by atoms with E-state index < -0.39 is 0 Å². The van der Waals surface area contributed by atoms with Crippen LogP contribution in [0.2, 0.25) is 0 Å². The summed E-state index contributed by atoms with van der Waals surface area (Å²) < 4.78 is 5.08. The molecule has 2 aromatic rings. The monoisotopic (exact) mass is 332 g/mol. The molecule has 1 heterocycles. The number of aromatic nitrogens is 1. The predicted molar refractivity (Wildman–Crippen MR) is 94.8 cm³/mol. The standard InChI is InChI=1S/C18H24N2O2S/c1-14(21)19-11-3-5-15-7-9-16(10-8-15)17-13-23-18(20-17)6-4-12-22-2/h7-10,13H,3-6,11-12H2,1-2H3,(H,19,21). The average Bonchev–Trinajstić information content (AvgIpc) is 3.01. The van der Waals surface area contributed by atoms with Gasteiger partial charge in [-0.25, -0.2) is 4.98 Å². The highest BCUT2D eigenvalue weighted by atomic mass is 32.1. The number of amides is 1. The lowest BCUT2D eigenvalue weighted by molar-refractivity contribution is -0.118. The number of nitrogens with one attached hydrogen (secondary N) is 1. The van der Waals surface area contributed by atoms with Crippen LogP contribution in [-0.2, 0) is 22.4 Å². The van der Waals surface area contributed by atoms with E-state index in [4.69, 9.17) is 9.72 Å². The zero-order valence-corrected chi connectivity index (χ0v) is 14.6. The highest BCUT2D eigenvalue weighted by molar-refractivity contribution is 7.09. The summed E-state index contributed by atoms with van der Waals surface area (Å²) in [7, 11) is 1.73. The maximum Gasteiger partial charge on any atom is 0.216 e. The van der Waals surface area contributed by atoms with E-state index in [9.17, 15) is 4.79 Å². The zero-order valence-electron chi connectivity index (χ0n) is 13.8. The molecule has 1 aromatic carbocycles. The largest absolute Gasteiger partial charge is 0.385 e. The molecule has 23 heavy (non-hydrogen) atoms. The Bertz CT molecular complexity index is 608. The third kappa shape index (κ3) is 6.12. The molecule has 1 amide bonds. The SMILES string of the molecule is COCCCc1nc(-c2ccc(CCCNC(C)=O)cc2)cs1. The van der Waals surface area contributed by atoms with Gasteiger partial charge in [-0.2, -0.15) is 0 Å². The lowest BCUT2D eigenvalue weighted by atomic mass is 10.1. The molecule has 4 nitrogen and oxygen atoms in total. The van der Waals surface area contributed by atoms with Crippen LogP contribution in [-0.4, -0.2) is 31.2 Å². The fourth-order valence-corrected chi connectivity index (χ4v) is 3.17. The molecule has 0 aliphatic heterocycles. The van der Waals surface area contributed by atoms with Gasteiger partial charge in [0.1, 0.15) is 0 Å². The maximum atomic E-state index is 10.8. The van der Waals surface area contributed by atoms with Gasteiger partial charge in [0.25, 0.3) is 0 Å². The van der Waals surface area contributed by atoms with Gasteiger partial charge in [0.05, 0.1) is 10.7 Å². The molecule has 0 spiro atoms. The van der Waals surface area contributed by atoms with Gasteiger partial charge in [-0.3, -0.25) is 4.79 Å². The van der Waals surface area contributed by atoms with Crippen LogP contribution < -0.4 is 5.32 Å². The van der Waals surface area contributed by atoms with Crippen LogP contribution in [0.3, 0.4) is 0 Å². The highest BCUT2D eigenvalue weighted by Crippen LogP contribution is 2.23. The molecule has 1 aromatic heterocycles. The van der Waals surface area contributed by atoms with Crippen molar-refractivity contribution in [3.05, 3.63) is 40.2 Å². The number of ether oxygens (including phenoxy) is 1. The molecule has 0 bridgehead atoms. The van der Waals surface area contributed by atoms with Crippen LogP contribution in [0.15, 0.2) is 29.6 Å². The summed E-state index contributed by atoms with van der Waals surface area (Å²) >= 11 is 1.71. The van der Waals surface area contributed by atoms with Crippen LogP contribution in [0, 0.1) is 0 Å². The second-order valence-electron chi connectivity index (χ2n) is 5.51. The number of rotatable bonds is 9. The van der Waals surface area contributed by atoms with E-state index >= 15 is 0 Å². The number of aryl methyl sites for hydroxylation is 2. The normalized spacial score (nSPS) is 10.7. The molecule has 0 radical (unpaired) electrons. The Morgan fingerprint density at radius 3 is 2.70 bits per heavy atom. The molecule has 5 heteroatoms. The van der Waals surface area contributed by atoms with E-state index in [0.29, 0.717) is 0 Å². The average molecular weight is 332 g/mol. The Labute approximate surface area is 141 Å². The third-order valence-corrected chi connectivity index (χ3v) is 4.47. The van der Waals surface area contributed by atoms with Gasteiger partial charge in [-0.1, -0.05) is 24.3 Å². The second-order valence-corrected chi connectivity index (χ2v) is 6.45. The van der Waals surface area contributed by atoms with Crippen molar-refractivity contribution in [1.82, 2.24) is 10.3 Å². The zero-order chi connectivity index (χ0) is 16.5. The summed E-state index contributed by atoms with van der Waals surface area (Å²) in [6.07, 6.45) is 3.91. The molecule has 2 rings (SSSR count). The van der Waals surface area contributed by atoms with Gasteiger partial charge in [0, 0.05) is 44.5 Å². The number of thiazole rings is 1. The summed E-state index contributed by atoms with van der Waals surface area (Å²) in [5.41, 5.74) is 3.49. The van der Waals surface area contributed by atoms with E-state index in [1.165, 1.54) is 5.56 Å². The quantitative estimate of drug-likeness (QED) is 0.716. The van der Waals surface area contributed by atoms with E-state index in [-0.39, 0.29) is 5.91 Å². The Hall–Kier alpha value is -1.72. The molecular formula is C18H24N2O2S. The fraction of sp³-hybridized carbons (Fsp3) is 0.444. The maximum absolute atomic E-state index is 10.8. The molecule has 0 unspecified atom stereocenters. The van der Waals surface area contributed by atoms with Crippen LogP contribution in [0.4, 0.5) is 0 Å². The molecule has 0 atom stereocenters. The van der Waals surface area contributed by atoms with Crippen molar-refractivity contribution in [2.75, 3.05) is 20.3 Å². The number of hydrogen-bond acceptors (Lipinski definition) is 4. The Morgan fingerprint density at radius 2 is 2.00 bits per heavy atom. The molecule has 0 saturated heterocycles. The van der Waals surface area contributed by atoms with Crippen molar-refractivity contribution in [1.29, 1.82) is 0 Å². The second kappa shape index (κ2) is 9.43. The molecule has 1 N–H and O–H groups in total. The van der Waals surface area contributed by atoms with Gasteiger partial charge < -0.3 is 10.1 Å². The Balaban J connectivity index is 1.85. The molecule has 0 fully saturated rings. The Kier molecular flexibility index (Phi) is 7.23. The van der Waals surface area contributed by atoms with Crippen LogP contribution in [0.5, 0.6) is 0 Å². The van der Waals surface area contributed by atoms with Gasteiger partial charge in [-0.15, -0.1) is 11.3 Å². The van der Waals surface area contributed by atoms with Crippen molar-refractivity contribution in [2.45, 2.75) is 32.6 Å². The molecule has 0 aliphatic rings. The minimum absolute atomic E-state index is 0.0326. The lowest BCUT2D eigenvalue weighted by Gasteiger charge is -2.04. The number of hydrogen-bond donors (Lipinski definition) is 1. The van der Waals surface area contributed by atoms with E-state index in [1.807, 2.05) is 0 Å². The third-order valence-electron chi connectivity index (χ3n) is 3.56. The first-order chi connectivity index (χ1) is 11.2. The summed E-state index contributed by atoms with van der Waals surface area (Å²) in [6, 6.07) is 8.55. The van der Waals surface area contributed by atoms with Crippen LogP contribution in [0.25, 0.3) is 11.3 Å². The molecule has 0 saturated carbocycles.